The molecule has 2 aromatic rings. The standard InChI is InChI=1S/C20H21ClF3N5O3/c1-25-18(31)15-16(27-9-26-15)19(32)28-12-5-2-10(3-6-12)17(30)29-14-8-11(20(22,23)24)4-7-13(14)21/h4,7-10,12H,2-3,5-6H2,1H3,(H,25,31)(H,26,27)(H,28,32)(H,29,30). The number of aromatic nitrogens is 2. The number of carbonyl (C=O) groups is 3. The topological polar surface area (TPSA) is 116 Å². The first kappa shape index (κ1) is 23.6. The number of hydrogen-bond donors (Lipinski definition) is 4. The number of H-pyrrole nitrogens is 1. The Labute approximate surface area is 186 Å². The Morgan fingerprint density at radius 3 is 2.44 bits per heavy atom. The van der Waals surface area contributed by atoms with E-state index in [9.17, 15) is 27.6 Å². The fourth-order valence-electron chi connectivity index (χ4n) is 3.55. The second-order valence-electron chi connectivity index (χ2n) is 7.41. The number of anilines is 1. The normalized spacial score (nSPS) is 18.7. The molecule has 0 unspecified atom stereocenters. The van der Waals surface area contributed by atoms with Gasteiger partial charge in [-0.05, 0) is 43.9 Å². The molecule has 3 amide bonds. The van der Waals surface area contributed by atoms with Gasteiger partial charge in [-0.25, -0.2) is 4.98 Å². The lowest BCUT2D eigenvalue weighted by Crippen LogP contribution is -2.40. The molecule has 1 aliphatic rings. The van der Waals surface area contributed by atoms with Crippen LogP contribution in [0, 0.1) is 5.92 Å². The summed E-state index contributed by atoms with van der Waals surface area (Å²) in [5, 5.41) is 7.71. The van der Waals surface area contributed by atoms with E-state index < -0.39 is 35.4 Å². The molecule has 4 N–H and O–H groups in total. The minimum Gasteiger partial charge on any atom is -0.354 e. The number of aromatic amines is 1. The van der Waals surface area contributed by atoms with E-state index in [1.54, 1.807) is 0 Å². The molecule has 8 nitrogen and oxygen atoms in total. The maximum Gasteiger partial charge on any atom is 0.416 e. The first-order valence-corrected chi connectivity index (χ1v) is 10.2. The van der Waals surface area contributed by atoms with Crippen LogP contribution in [0.5, 0.6) is 0 Å². The summed E-state index contributed by atoms with van der Waals surface area (Å²) in [6, 6.07) is 2.52. The van der Waals surface area contributed by atoms with Crippen molar-refractivity contribution in [3.05, 3.63) is 46.5 Å². The molecule has 0 bridgehead atoms. The third-order valence-corrected chi connectivity index (χ3v) is 5.62. The van der Waals surface area contributed by atoms with Crippen molar-refractivity contribution < 1.29 is 27.6 Å². The molecule has 1 heterocycles. The molecular formula is C20H21ClF3N5O3. The first-order valence-electron chi connectivity index (χ1n) is 9.84. The molecule has 0 radical (unpaired) electrons. The maximum atomic E-state index is 12.9. The summed E-state index contributed by atoms with van der Waals surface area (Å²) in [5.41, 5.74) is -0.972. The second-order valence-corrected chi connectivity index (χ2v) is 7.82. The molecule has 1 fully saturated rings. The molecule has 0 atom stereocenters. The highest BCUT2D eigenvalue weighted by atomic mass is 35.5. The first-order chi connectivity index (χ1) is 15.1. The number of benzene rings is 1. The van der Waals surface area contributed by atoms with E-state index in [1.165, 1.54) is 13.4 Å². The summed E-state index contributed by atoms with van der Waals surface area (Å²) >= 11 is 5.94. The van der Waals surface area contributed by atoms with Crippen LogP contribution in [-0.2, 0) is 11.0 Å². The average molecular weight is 472 g/mol. The maximum absolute atomic E-state index is 12.9. The van der Waals surface area contributed by atoms with Gasteiger partial charge in [-0.3, -0.25) is 14.4 Å². The lowest BCUT2D eigenvalue weighted by atomic mass is 9.85. The van der Waals surface area contributed by atoms with Gasteiger partial charge in [0.05, 0.1) is 22.6 Å². The number of rotatable bonds is 5. The zero-order chi connectivity index (χ0) is 23.5. The highest BCUT2D eigenvalue weighted by Crippen LogP contribution is 2.34. The third-order valence-electron chi connectivity index (χ3n) is 5.29. The Kier molecular flexibility index (Phi) is 7.07. The van der Waals surface area contributed by atoms with Crippen LogP contribution in [0.25, 0.3) is 0 Å². The van der Waals surface area contributed by atoms with E-state index >= 15 is 0 Å². The fraction of sp³-hybridized carbons (Fsp3) is 0.400. The smallest absolute Gasteiger partial charge is 0.354 e. The molecule has 1 aromatic carbocycles. The van der Waals surface area contributed by atoms with Crippen molar-refractivity contribution in [1.82, 2.24) is 20.6 Å². The number of carbonyl (C=O) groups excluding carboxylic acids is 3. The average Bonchev–Trinajstić information content (AvgIpc) is 3.24. The van der Waals surface area contributed by atoms with Crippen LogP contribution in [-0.4, -0.2) is 40.8 Å². The number of hydrogen-bond acceptors (Lipinski definition) is 4. The molecule has 1 aliphatic carbocycles. The second kappa shape index (κ2) is 9.60. The molecule has 1 saturated carbocycles. The zero-order valence-corrected chi connectivity index (χ0v) is 17.7. The fourth-order valence-corrected chi connectivity index (χ4v) is 3.72. The predicted octanol–water partition coefficient (Wildman–Crippen LogP) is 3.37. The van der Waals surface area contributed by atoms with Gasteiger partial charge >= 0.3 is 6.18 Å². The summed E-state index contributed by atoms with van der Waals surface area (Å²) in [7, 11) is 1.43. The molecular weight excluding hydrogens is 451 g/mol. The Morgan fingerprint density at radius 1 is 1.12 bits per heavy atom. The van der Waals surface area contributed by atoms with E-state index in [0.717, 1.165) is 18.2 Å². The van der Waals surface area contributed by atoms with Gasteiger partial charge in [0, 0.05) is 19.0 Å². The lowest BCUT2D eigenvalue weighted by Gasteiger charge is -2.28. The van der Waals surface area contributed by atoms with E-state index in [-0.39, 0.29) is 28.1 Å². The van der Waals surface area contributed by atoms with Gasteiger partial charge in [0.25, 0.3) is 11.8 Å². The number of nitrogens with one attached hydrogen (secondary N) is 4. The number of nitrogens with zero attached hydrogens (tertiary/aromatic N) is 1. The van der Waals surface area contributed by atoms with Crippen molar-refractivity contribution in [2.45, 2.75) is 37.9 Å². The number of amides is 3. The van der Waals surface area contributed by atoms with Crippen molar-refractivity contribution >= 4 is 35.0 Å². The molecule has 0 aliphatic heterocycles. The highest BCUT2D eigenvalue weighted by Gasteiger charge is 2.32. The summed E-state index contributed by atoms with van der Waals surface area (Å²) < 4.78 is 38.7. The van der Waals surface area contributed by atoms with Crippen molar-refractivity contribution in [3.63, 3.8) is 0 Å². The van der Waals surface area contributed by atoms with Crippen molar-refractivity contribution in [2.24, 2.45) is 5.92 Å². The minimum absolute atomic E-state index is 0.0122. The molecule has 3 rings (SSSR count). The Balaban J connectivity index is 1.56. The Bertz CT molecular complexity index is 1020. The van der Waals surface area contributed by atoms with Gasteiger partial charge in [0.1, 0.15) is 5.69 Å². The van der Waals surface area contributed by atoms with E-state index in [1.807, 2.05) is 0 Å². The van der Waals surface area contributed by atoms with Gasteiger partial charge < -0.3 is 20.9 Å². The number of alkyl halides is 3. The van der Waals surface area contributed by atoms with Crippen molar-refractivity contribution in [3.8, 4) is 0 Å². The highest BCUT2D eigenvalue weighted by molar-refractivity contribution is 6.33. The van der Waals surface area contributed by atoms with Gasteiger partial charge in [-0.15, -0.1) is 0 Å². The van der Waals surface area contributed by atoms with E-state index in [0.29, 0.717) is 25.7 Å². The van der Waals surface area contributed by atoms with Crippen LogP contribution in [0.4, 0.5) is 18.9 Å². The molecule has 0 saturated heterocycles. The summed E-state index contributed by atoms with van der Waals surface area (Å²) in [4.78, 5) is 43.3. The summed E-state index contributed by atoms with van der Waals surface area (Å²) in [6.45, 7) is 0. The van der Waals surface area contributed by atoms with Crippen LogP contribution in [0.2, 0.25) is 5.02 Å². The molecule has 12 heteroatoms. The van der Waals surface area contributed by atoms with Crippen molar-refractivity contribution in [1.29, 1.82) is 0 Å². The quantitative estimate of drug-likeness (QED) is 0.535. The lowest BCUT2D eigenvalue weighted by molar-refractivity contribution is -0.137. The molecule has 172 valence electrons. The van der Waals surface area contributed by atoms with E-state index in [4.69, 9.17) is 11.6 Å². The largest absolute Gasteiger partial charge is 0.416 e. The number of imidazole rings is 1. The van der Waals surface area contributed by atoms with Gasteiger partial charge in [-0.2, -0.15) is 13.2 Å². The van der Waals surface area contributed by atoms with Crippen LogP contribution in [0.15, 0.2) is 24.5 Å². The summed E-state index contributed by atoms with van der Waals surface area (Å²) in [6.07, 6.45) is -1.47. The predicted molar refractivity (Wildman–Crippen MR) is 110 cm³/mol. The zero-order valence-electron chi connectivity index (χ0n) is 17.0. The van der Waals surface area contributed by atoms with Gasteiger partial charge in [-0.1, -0.05) is 11.6 Å². The van der Waals surface area contributed by atoms with Crippen LogP contribution >= 0.6 is 11.6 Å². The SMILES string of the molecule is CNC(=O)c1[nH]cnc1C(=O)NC1CCC(C(=O)Nc2cc(C(F)(F)F)ccc2Cl)CC1. The monoisotopic (exact) mass is 471 g/mol. The molecule has 1 aromatic heterocycles. The summed E-state index contributed by atoms with van der Waals surface area (Å²) in [5.74, 6) is -1.83. The van der Waals surface area contributed by atoms with Crippen LogP contribution in [0.3, 0.4) is 0 Å². The molecule has 32 heavy (non-hydrogen) atoms. The van der Waals surface area contributed by atoms with Gasteiger partial charge in [0.15, 0.2) is 5.69 Å². The van der Waals surface area contributed by atoms with Crippen LogP contribution < -0.4 is 16.0 Å². The van der Waals surface area contributed by atoms with E-state index in [2.05, 4.69) is 25.9 Å². The van der Waals surface area contributed by atoms with Crippen LogP contribution in [0.1, 0.15) is 52.2 Å². The molecule has 0 spiro atoms. The van der Waals surface area contributed by atoms with Crippen molar-refractivity contribution in [2.75, 3.05) is 12.4 Å². The number of halogens is 4. The third kappa shape index (κ3) is 5.39. The van der Waals surface area contributed by atoms with Gasteiger partial charge in [0.2, 0.25) is 5.91 Å². The Morgan fingerprint density at radius 2 is 1.81 bits per heavy atom. The Hall–Kier alpha value is -3.08. The minimum atomic E-state index is -4.55.